The first-order chi connectivity index (χ1) is 9.86. The number of methoxy groups -OCH3 is 1. The third-order valence-corrected chi connectivity index (χ3v) is 4.19. The van der Waals surface area contributed by atoms with Crippen LogP contribution in [0.4, 0.5) is 5.13 Å². The Labute approximate surface area is 122 Å². The Morgan fingerprint density at radius 1 is 1.45 bits per heavy atom. The van der Waals surface area contributed by atoms with Crippen molar-refractivity contribution in [1.29, 1.82) is 0 Å². The van der Waals surface area contributed by atoms with Gasteiger partial charge >= 0.3 is 0 Å². The molecular formula is C15H18N2O2S. The Balaban J connectivity index is 1.69. The number of hydrogen-bond donors (Lipinski definition) is 1. The van der Waals surface area contributed by atoms with Crippen molar-refractivity contribution in [2.45, 2.75) is 18.9 Å². The molecule has 106 valence electrons. The van der Waals surface area contributed by atoms with Crippen molar-refractivity contribution < 1.29 is 9.47 Å². The highest BCUT2D eigenvalue weighted by Gasteiger charge is 2.16. The molecule has 0 aliphatic carbocycles. The first-order valence-corrected chi connectivity index (χ1v) is 7.69. The minimum atomic E-state index is 0.327. The summed E-state index contributed by atoms with van der Waals surface area (Å²) in [4.78, 5) is 4.62. The van der Waals surface area contributed by atoms with E-state index in [1.54, 1.807) is 18.4 Å². The summed E-state index contributed by atoms with van der Waals surface area (Å²) in [6.07, 6.45) is 2.63. The number of para-hydroxylation sites is 1. The highest BCUT2D eigenvalue weighted by molar-refractivity contribution is 7.14. The molecule has 5 heteroatoms. The number of nitrogens with one attached hydrogen (secondary N) is 1. The molecule has 20 heavy (non-hydrogen) atoms. The first-order valence-electron chi connectivity index (χ1n) is 6.81. The zero-order valence-corrected chi connectivity index (χ0v) is 12.3. The van der Waals surface area contributed by atoms with Gasteiger partial charge in [-0.05, 0) is 25.0 Å². The van der Waals surface area contributed by atoms with Crippen molar-refractivity contribution in [2.24, 2.45) is 0 Å². The van der Waals surface area contributed by atoms with Crippen LogP contribution in [0.15, 0.2) is 29.6 Å². The average Bonchev–Trinajstić information content (AvgIpc) is 3.16. The number of aromatic nitrogens is 1. The zero-order chi connectivity index (χ0) is 13.8. The molecular weight excluding hydrogens is 272 g/mol. The number of ether oxygens (including phenoxy) is 2. The van der Waals surface area contributed by atoms with E-state index in [9.17, 15) is 0 Å². The molecule has 0 radical (unpaired) electrons. The quantitative estimate of drug-likeness (QED) is 0.916. The molecule has 1 aliphatic rings. The highest BCUT2D eigenvalue weighted by atomic mass is 32.1. The van der Waals surface area contributed by atoms with Crippen LogP contribution in [0.1, 0.15) is 12.8 Å². The molecule has 1 saturated heterocycles. The zero-order valence-electron chi connectivity index (χ0n) is 11.5. The van der Waals surface area contributed by atoms with Crippen LogP contribution in [0.25, 0.3) is 11.3 Å². The summed E-state index contributed by atoms with van der Waals surface area (Å²) >= 11 is 1.61. The predicted octanol–water partition coefficient (Wildman–Crippen LogP) is 3.41. The van der Waals surface area contributed by atoms with Crippen LogP contribution in [-0.4, -0.2) is 31.3 Å². The van der Waals surface area contributed by atoms with Crippen LogP contribution < -0.4 is 10.1 Å². The standard InChI is InChI=1S/C15H18N2O2S/c1-18-14-7-3-2-6-12(14)13-10-20-15(17-13)16-9-11-5-4-8-19-11/h2-3,6-7,10-11H,4-5,8-9H2,1H3,(H,16,17)/t11-/m1/s1. The van der Waals surface area contributed by atoms with E-state index in [4.69, 9.17) is 9.47 Å². The lowest BCUT2D eigenvalue weighted by molar-refractivity contribution is 0.120. The smallest absolute Gasteiger partial charge is 0.183 e. The summed E-state index contributed by atoms with van der Waals surface area (Å²) < 4.78 is 11.0. The second-order valence-electron chi connectivity index (χ2n) is 4.75. The Morgan fingerprint density at radius 2 is 2.35 bits per heavy atom. The molecule has 0 spiro atoms. The lowest BCUT2D eigenvalue weighted by Crippen LogP contribution is -2.18. The van der Waals surface area contributed by atoms with Gasteiger partial charge in [0.2, 0.25) is 0 Å². The minimum Gasteiger partial charge on any atom is -0.496 e. The van der Waals surface area contributed by atoms with Crippen LogP contribution >= 0.6 is 11.3 Å². The van der Waals surface area contributed by atoms with Crippen molar-refractivity contribution in [2.75, 3.05) is 25.6 Å². The molecule has 4 nitrogen and oxygen atoms in total. The normalized spacial score (nSPS) is 18.1. The largest absolute Gasteiger partial charge is 0.496 e. The van der Waals surface area contributed by atoms with Crippen molar-refractivity contribution >= 4 is 16.5 Å². The second kappa shape index (κ2) is 6.24. The molecule has 1 aromatic carbocycles. The SMILES string of the molecule is COc1ccccc1-c1csc(NC[C@H]2CCCO2)n1. The molecule has 2 aromatic rings. The molecule has 2 heterocycles. The monoisotopic (exact) mass is 290 g/mol. The topological polar surface area (TPSA) is 43.4 Å². The molecule has 3 rings (SSSR count). The van der Waals surface area contributed by atoms with Crippen LogP contribution in [0.3, 0.4) is 0 Å². The van der Waals surface area contributed by atoms with E-state index >= 15 is 0 Å². The van der Waals surface area contributed by atoms with Gasteiger partial charge in [-0.2, -0.15) is 0 Å². The predicted molar refractivity (Wildman–Crippen MR) is 81.6 cm³/mol. The van der Waals surface area contributed by atoms with Gasteiger partial charge in [-0.1, -0.05) is 12.1 Å². The van der Waals surface area contributed by atoms with Gasteiger partial charge < -0.3 is 14.8 Å². The van der Waals surface area contributed by atoms with E-state index in [1.807, 2.05) is 24.3 Å². The van der Waals surface area contributed by atoms with E-state index in [1.165, 1.54) is 0 Å². The third-order valence-electron chi connectivity index (χ3n) is 3.39. The molecule has 1 aliphatic heterocycles. The Kier molecular flexibility index (Phi) is 4.18. The molecule has 1 aromatic heterocycles. The number of hydrogen-bond acceptors (Lipinski definition) is 5. The summed E-state index contributed by atoms with van der Waals surface area (Å²) in [7, 11) is 1.68. The molecule has 0 amide bonds. The van der Waals surface area contributed by atoms with Gasteiger partial charge in [0.15, 0.2) is 5.13 Å². The first kappa shape index (κ1) is 13.4. The fraction of sp³-hybridized carbons (Fsp3) is 0.400. The van der Waals surface area contributed by atoms with E-state index in [0.717, 1.165) is 48.1 Å². The summed E-state index contributed by atoms with van der Waals surface area (Å²) in [6.45, 7) is 1.72. The van der Waals surface area contributed by atoms with Gasteiger partial charge in [0, 0.05) is 24.1 Å². The molecule has 1 N–H and O–H groups in total. The van der Waals surface area contributed by atoms with Gasteiger partial charge in [0.25, 0.3) is 0 Å². The Morgan fingerprint density at radius 3 is 3.15 bits per heavy atom. The van der Waals surface area contributed by atoms with Crippen molar-refractivity contribution in [1.82, 2.24) is 4.98 Å². The van der Waals surface area contributed by atoms with Crippen LogP contribution in [0, 0.1) is 0 Å². The summed E-state index contributed by atoms with van der Waals surface area (Å²) in [6, 6.07) is 7.94. The Hall–Kier alpha value is -1.59. The summed E-state index contributed by atoms with van der Waals surface area (Å²) in [5.74, 6) is 0.850. The van der Waals surface area contributed by atoms with Crippen molar-refractivity contribution in [3.63, 3.8) is 0 Å². The van der Waals surface area contributed by atoms with Crippen LogP contribution in [0.2, 0.25) is 0 Å². The fourth-order valence-electron chi connectivity index (χ4n) is 2.34. The van der Waals surface area contributed by atoms with E-state index < -0.39 is 0 Å². The summed E-state index contributed by atoms with van der Waals surface area (Å²) in [5, 5.41) is 6.34. The maximum absolute atomic E-state index is 5.60. The maximum Gasteiger partial charge on any atom is 0.183 e. The van der Waals surface area contributed by atoms with Gasteiger partial charge in [-0.3, -0.25) is 0 Å². The van der Waals surface area contributed by atoms with E-state index in [-0.39, 0.29) is 0 Å². The Bertz CT molecular complexity index is 565. The second-order valence-corrected chi connectivity index (χ2v) is 5.61. The van der Waals surface area contributed by atoms with Gasteiger partial charge in [-0.25, -0.2) is 4.98 Å². The number of thiazole rings is 1. The number of benzene rings is 1. The molecule has 0 saturated carbocycles. The van der Waals surface area contributed by atoms with Crippen molar-refractivity contribution in [3.05, 3.63) is 29.6 Å². The molecule has 0 unspecified atom stereocenters. The molecule has 0 bridgehead atoms. The number of rotatable bonds is 5. The van der Waals surface area contributed by atoms with E-state index in [0.29, 0.717) is 6.10 Å². The summed E-state index contributed by atoms with van der Waals surface area (Å²) in [5.41, 5.74) is 1.97. The number of anilines is 1. The van der Waals surface area contributed by atoms with Gasteiger partial charge in [0.1, 0.15) is 5.75 Å². The minimum absolute atomic E-state index is 0.327. The molecule has 1 atom stereocenters. The number of nitrogens with zero attached hydrogens (tertiary/aromatic N) is 1. The third kappa shape index (κ3) is 2.94. The average molecular weight is 290 g/mol. The van der Waals surface area contributed by atoms with E-state index in [2.05, 4.69) is 15.7 Å². The molecule has 1 fully saturated rings. The van der Waals surface area contributed by atoms with Crippen LogP contribution in [0.5, 0.6) is 5.75 Å². The maximum atomic E-state index is 5.60. The lowest BCUT2D eigenvalue weighted by atomic mass is 10.1. The highest BCUT2D eigenvalue weighted by Crippen LogP contribution is 2.31. The van der Waals surface area contributed by atoms with Gasteiger partial charge in [-0.15, -0.1) is 11.3 Å². The fourth-order valence-corrected chi connectivity index (χ4v) is 3.06. The van der Waals surface area contributed by atoms with Gasteiger partial charge in [0.05, 0.1) is 18.9 Å². The van der Waals surface area contributed by atoms with Crippen molar-refractivity contribution in [3.8, 4) is 17.0 Å². The lowest BCUT2D eigenvalue weighted by Gasteiger charge is -2.09. The van der Waals surface area contributed by atoms with Crippen LogP contribution in [-0.2, 0) is 4.74 Å².